The molecule has 0 atom stereocenters. The molecule has 0 unspecified atom stereocenters. The van der Waals surface area contributed by atoms with Crippen LogP contribution in [-0.2, 0) is 0 Å². The molecule has 3 aromatic carbocycles. The SMILES string of the molecule is CCC1CCC(C#Cc2ccc(-c3ccc4c(F)c(OC(F)F)ccc4c3)cc2)CC1. The second kappa shape index (κ2) is 9.47. The standard InChI is InChI=1S/C27H25F3O/c1-2-18-3-5-19(6-4-18)7-8-20-9-11-21(12-10-20)22-13-15-24-23(17-22)14-16-25(26(24)28)31-27(29)30/h9-19,27H,2-6H2,1H3. The summed E-state index contributed by atoms with van der Waals surface area (Å²) in [4.78, 5) is 0. The average molecular weight is 422 g/mol. The van der Waals surface area contributed by atoms with Crippen LogP contribution >= 0.6 is 0 Å². The zero-order valence-corrected chi connectivity index (χ0v) is 17.5. The highest BCUT2D eigenvalue weighted by molar-refractivity contribution is 5.89. The largest absolute Gasteiger partial charge is 0.432 e. The van der Waals surface area contributed by atoms with Gasteiger partial charge in [0.2, 0.25) is 0 Å². The van der Waals surface area contributed by atoms with Crippen molar-refractivity contribution < 1.29 is 17.9 Å². The Balaban J connectivity index is 1.49. The minimum absolute atomic E-state index is 0.252. The Morgan fingerprint density at radius 3 is 2.32 bits per heavy atom. The molecule has 1 aliphatic rings. The Morgan fingerprint density at radius 2 is 1.65 bits per heavy atom. The van der Waals surface area contributed by atoms with Crippen LogP contribution in [-0.4, -0.2) is 6.61 Å². The lowest BCUT2D eigenvalue weighted by Crippen LogP contribution is -2.12. The molecular formula is C27H25F3O. The highest BCUT2D eigenvalue weighted by atomic mass is 19.3. The summed E-state index contributed by atoms with van der Waals surface area (Å²) in [6, 6.07) is 16.1. The molecule has 0 amide bonds. The van der Waals surface area contributed by atoms with E-state index in [1.54, 1.807) is 18.2 Å². The van der Waals surface area contributed by atoms with Crippen LogP contribution in [0.15, 0.2) is 54.6 Å². The third-order valence-electron chi connectivity index (χ3n) is 6.20. The topological polar surface area (TPSA) is 9.23 Å². The van der Waals surface area contributed by atoms with Crippen molar-refractivity contribution in [2.45, 2.75) is 45.6 Å². The van der Waals surface area contributed by atoms with E-state index in [4.69, 9.17) is 0 Å². The van der Waals surface area contributed by atoms with Gasteiger partial charge in [-0.3, -0.25) is 0 Å². The maximum atomic E-state index is 14.4. The molecule has 1 saturated carbocycles. The van der Waals surface area contributed by atoms with Crippen LogP contribution in [0.2, 0.25) is 0 Å². The van der Waals surface area contributed by atoms with Gasteiger partial charge in [-0.1, -0.05) is 55.5 Å². The van der Waals surface area contributed by atoms with Crippen molar-refractivity contribution >= 4 is 10.8 Å². The van der Waals surface area contributed by atoms with Gasteiger partial charge in [-0.05, 0) is 72.4 Å². The molecule has 0 spiro atoms. The van der Waals surface area contributed by atoms with E-state index in [-0.39, 0.29) is 5.39 Å². The fourth-order valence-electron chi connectivity index (χ4n) is 4.28. The molecular weight excluding hydrogens is 397 g/mol. The Labute approximate surface area is 181 Å². The molecule has 3 aromatic rings. The van der Waals surface area contributed by atoms with E-state index < -0.39 is 18.2 Å². The predicted molar refractivity (Wildman–Crippen MR) is 119 cm³/mol. The molecule has 1 nitrogen and oxygen atoms in total. The van der Waals surface area contributed by atoms with Gasteiger partial charge >= 0.3 is 6.61 Å². The highest BCUT2D eigenvalue weighted by Crippen LogP contribution is 2.32. The second-order valence-corrected chi connectivity index (χ2v) is 8.16. The summed E-state index contributed by atoms with van der Waals surface area (Å²) in [7, 11) is 0. The van der Waals surface area contributed by atoms with Gasteiger partial charge in [-0.2, -0.15) is 8.78 Å². The van der Waals surface area contributed by atoms with E-state index >= 15 is 0 Å². The van der Waals surface area contributed by atoms with Gasteiger partial charge in [-0.15, -0.1) is 0 Å². The smallest absolute Gasteiger partial charge is 0.387 e. The number of ether oxygens (including phenoxy) is 1. The molecule has 0 bridgehead atoms. The van der Waals surface area contributed by atoms with Crippen molar-refractivity contribution in [1.82, 2.24) is 0 Å². The summed E-state index contributed by atoms with van der Waals surface area (Å²) in [5.41, 5.74) is 2.90. The Morgan fingerprint density at radius 1 is 0.935 bits per heavy atom. The van der Waals surface area contributed by atoms with Crippen LogP contribution in [0.4, 0.5) is 13.2 Å². The summed E-state index contributed by atoms with van der Waals surface area (Å²) in [6.07, 6.45) is 6.23. The lowest BCUT2D eigenvalue weighted by molar-refractivity contribution is -0.0520. The normalized spacial score (nSPS) is 18.6. The molecule has 4 rings (SSSR count). The van der Waals surface area contributed by atoms with Crippen LogP contribution in [0.25, 0.3) is 21.9 Å². The van der Waals surface area contributed by atoms with Gasteiger partial charge in [-0.25, -0.2) is 4.39 Å². The van der Waals surface area contributed by atoms with Crippen LogP contribution in [0.5, 0.6) is 5.75 Å². The Hall–Kier alpha value is -2.93. The minimum atomic E-state index is -3.06. The number of benzene rings is 3. The minimum Gasteiger partial charge on any atom is -0.432 e. The van der Waals surface area contributed by atoms with Crippen molar-refractivity contribution in [1.29, 1.82) is 0 Å². The number of halogens is 3. The van der Waals surface area contributed by atoms with Crippen molar-refractivity contribution in [3.63, 3.8) is 0 Å². The fraction of sp³-hybridized carbons (Fsp3) is 0.333. The number of alkyl halides is 2. The molecule has 0 aromatic heterocycles. The van der Waals surface area contributed by atoms with Crippen molar-refractivity contribution in [2.75, 3.05) is 0 Å². The molecule has 31 heavy (non-hydrogen) atoms. The van der Waals surface area contributed by atoms with Gasteiger partial charge in [0.05, 0.1) is 0 Å². The third-order valence-corrected chi connectivity index (χ3v) is 6.20. The summed E-state index contributed by atoms with van der Waals surface area (Å²) in [5, 5.41) is 0.880. The van der Waals surface area contributed by atoms with E-state index in [2.05, 4.69) is 23.5 Å². The highest BCUT2D eigenvalue weighted by Gasteiger charge is 2.18. The molecule has 1 aliphatic carbocycles. The van der Waals surface area contributed by atoms with E-state index in [0.29, 0.717) is 11.3 Å². The summed E-state index contributed by atoms with van der Waals surface area (Å²) in [5.74, 6) is 6.89. The number of hydrogen-bond donors (Lipinski definition) is 0. The maximum Gasteiger partial charge on any atom is 0.387 e. The zero-order valence-electron chi connectivity index (χ0n) is 17.5. The van der Waals surface area contributed by atoms with Crippen LogP contribution < -0.4 is 4.74 Å². The summed E-state index contributed by atoms with van der Waals surface area (Å²) >= 11 is 0. The average Bonchev–Trinajstić information content (AvgIpc) is 2.80. The molecule has 1 fully saturated rings. The van der Waals surface area contributed by atoms with Crippen molar-refractivity contribution in [3.8, 4) is 28.7 Å². The summed E-state index contributed by atoms with van der Waals surface area (Å²) < 4.78 is 43.5. The molecule has 0 N–H and O–H groups in total. The quantitative estimate of drug-likeness (QED) is 0.390. The monoisotopic (exact) mass is 422 g/mol. The van der Waals surface area contributed by atoms with E-state index in [9.17, 15) is 13.2 Å². The van der Waals surface area contributed by atoms with E-state index in [1.165, 1.54) is 38.2 Å². The van der Waals surface area contributed by atoms with Gasteiger partial charge in [0.1, 0.15) is 0 Å². The van der Waals surface area contributed by atoms with Gasteiger partial charge in [0.25, 0.3) is 0 Å². The Bertz CT molecular complexity index is 1100. The first kappa shape index (κ1) is 21.3. The van der Waals surface area contributed by atoms with Crippen LogP contribution in [0.1, 0.15) is 44.6 Å². The molecule has 0 aliphatic heterocycles. The number of rotatable bonds is 4. The molecule has 0 saturated heterocycles. The molecule has 0 heterocycles. The first-order chi connectivity index (χ1) is 15.0. The summed E-state index contributed by atoms with van der Waals surface area (Å²) in [6.45, 7) is -0.789. The third kappa shape index (κ3) is 5.05. The second-order valence-electron chi connectivity index (χ2n) is 8.16. The van der Waals surface area contributed by atoms with Crippen LogP contribution in [0.3, 0.4) is 0 Å². The first-order valence-electron chi connectivity index (χ1n) is 10.8. The lowest BCUT2D eigenvalue weighted by atomic mass is 9.81. The van der Waals surface area contributed by atoms with Gasteiger partial charge in [0.15, 0.2) is 11.6 Å². The van der Waals surface area contributed by atoms with Crippen molar-refractivity contribution in [3.05, 3.63) is 66.0 Å². The Kier molecular flexibility index (Phi) is 6.51. The molecule has 4 heteroatoms. The lowest BCUT2D eigenvalue weighted by Gasteiger charge is -2.24. The van der Waals surface area contributed by atoms with Crippen molar-refractivity contribution in [2.24, 2.45) is 11.8 Å². The van der Waals surface area contributed by atoms with E-state index in [0.717, 1.165) is 22.6 Å². The zero-order chi connectivity index (χ0) is 21.8. The fourth-order valence-corrected chi connectivity index (χ4v) is 4.28. The van der Waals surface area contributed by atoms with E-state index in [1.807, 2.05) is 30.3 Å². The maximum absolute atomic E-state index is 14.4. The molecule has 0 radical (unpaired) electrons. The van der Waals surface area contributed by atoms with Gasteiger partial charge in [0, 0.05) is 16.9 Å². The number of hydrogen-bond acceptors (Lipinski definition) is 1. The molecule has 160 valence electrons. The number of fused-ring (bicyclic) bond motifs is 1. The van der Waals surface area contributed by atoms with Gasteiger partial charge < -0.3 is 4.74 Å². The first-order valence-corrected chi connectivity index (χ1v) is 10.8. The van der Waals surface area contributed by atoms with Crippen LogP contribution in [0, 0.1) is 29.5 Å². The predicted octanol–water partition coefficient (Wildman–Crippen LogP) is 7.82.